The van der Waals surface area contributed by atoms with E-state index in [9.17, 15) is 4.79 Å². The number of nitriles is 1. The fourth-order valence-corrected chi connectivity index (χ4v) is 2.74. The molecule has 1 aliphatic heterocycles. The molecule has 6 heteroatoms. The van der Waals surface area contributed by atoms with Crippen molar-refractivity contribution >= 4 is 39.1 Å². The highest BCUT2D eigenvalue weighted by molar-refractivity contribution is 9.10. The molecule has 0 aromatic heterocycles. The summed E-state index contributed by atoms with van der Waals surface area (Å²) in [5.74, 6) is 0.535. The van der Waals surface area contributed by atoms with Crippen LogP contribution in [-0.2, 0) is 4.79 Å². The fraction of sp³-hybridized carbons (Fsp3) is 0.286. The number of hydrogen-bond acceptors (Lipinski definition) is 3. The summed E-state index contributed by atoms with van der Waals surface area (Å²) >= 11 is 9.57. The van der Waals surface area contributed by atoms with Crippen LogP contribution < -0.4 is 4.74 Å². The van der Waals surface area contributed by atoms with E-state index >= 15 is 0 Å². The molecule has 1 amide bonds. The lowest BCUT2D eigenvalue weighted by Gasteiger charge is -2.28. The molecule has 0 radical (unpaired) electrons. The van der Waals surface area contributed by atoms with Gasteiger partial charge in [-0.25, -0.2) is 0 Å². The van der Waals surface area contributed by atoms with Gasteiger partial charge in [-0.2, -0.15) is 5.26 Å². The Bertz CT molecular complexity index is 610. The van der Waals surface area contributed by atoms with Gasteiger partial charge in [-0.1, -0.05) is 33.6 Å². The highest BCUT2D eigenvalue weighted by Gasteiger charge is 2.27. The van der Waals surface area contributed by atoms with Crippen molar-refractivity contribution in [3.05, 3.63) is 34.9 Å². The Morgan fingerprint density at radius 1 is 1.60 bits per heavy atom. The maximum absolute atomic E-state index is 12.0. The van der Waals surface area contributed by atoms with Gasteiger partial charge >= 0.3 is 0 Å². The van der Waals surface area contributed by atoms with Crippen LogP contribution in [0.15, 0.2) is 24.3 Å². The molecule has 1 heterocycles. The van der Waals surface area contributed by atoms with E-state index in [1.807, 2.05) is 12.1 Å². The van der Waals surface area contributed by atoms with Gasteiger partial charge in [0.05, 0.1) is 9.85 Å². The Labute approximate surface area is 130 Å². The lowest BCUT2D eigenvalue weighted by Crippen LogP contribution is -2.35. The van der Waals surface area contributed by atoms with Crippen LogP contribution >= 0.6 is 27.5 Å². The third-order valence-corrected chi connectivity index (χ3v) is 4.08. The van der Waals surface area contributed by atoms with Gasteiger partial charge in [-0.05, 0) is 24.6 Å². The van der Waals surface area contributed by atoms with Gasteiger partial charge < -0.3 is 9.64 Å². The molecule has 1 unspecified atom stereocenters. The van der Waals surface area contributed by atoms with Crippen molar-refractivity contribution in [2.24, 2.45) is 0 Å². The van der Waals surface area contributed by atoms with Crippen LogP contribution in [0.2, 0.25) is 5.02 Å². The average molecular weight is 356 g/mol. The first-order valence-corrected chi connectivity index (χ1v) is 7.25. The zero-order valence-corrected chi connectivity index (χ0v) is 13.1. The van der Waals surface area contributed by atoms with Crippen LogP contribution in [0.4, 0.5) is 0 Å². The summed E-state index contributed by atoms with van der Waals surface area (Å²) in [6, 6.07) is 7.07. The number of nitrogens with zero attached hydrogens (tertiary/aromatic N) is 2. The number of halogens is 2. The number of hydrogen-bond donors (Lipinski definition) is 0. The largest absolute Gasteiger partial charge is 0.479 e. The molecule has 0 aliphatic carbocycles. The average Bonchev–Trinajstić information content (AvgIpc) is 2.44. The number of carbonyl (C=O) groups is 1. The van der Waals surface area contributed by atoms with Gasteiger partial charge in [0.25, 0.3) is 0 Å². The van der Waals surface area contributed by atoms with Crippen molar-refractivity contribution in [3.63, 3.8) is 0 Å². The Hall–Kier alpha value is -1.51. The summed E-state index contributed by atoms with van der Waals surface area (Å²) in [5.41, 5.74) is 1.55. The summed E-state index contributed by atoms with van der Waals surface area (Å²) in [7, 11) is 1.72. The number of allylic oxidation sites excluding steroid dienone is 1. The molecule has 1 aromatic rings. The zero-order chi connectivity index (χ0) is 14.7. The van der Waals surface area contributed by atoms with Crippen LogP contribution in [0, 0.1) is 11.3 Å². The second-order valence-corrected chi connectivity index (χ2v) is 5.79. The first-order chi connectivity index (χ1) is 9.54. The van der Waals surface area contributed by atoms with Crippen molar-refractivity contribution in [1.29, 1.82) is 5.26 Å². The molecule has 1 aromatic carbocycles. The van der Waals surface area contributed by atoms with Gasteiger partial charge in [0.1, 0.15) is 11.8 Å². The number of carbonyl (C=O) groups excluding carboxylic acids is 1. The van der Waals surface area contributed by atoms with Crippen LogP contribution in [0.1, 0.15) is 12.0 Å². The van der Waals surface area contributed by atoms with E-state index < -0.39 is 0 Å². The first-order valence-electron chi connectivity index (χ1n) is 5.96. The molecule has 20 heavy (non-hydrogen) atoms. The van der Waals surface area contributed by atoms with E-state index in [1.54, 1.807) is 30.1 Å². The predicted octanol–water partition coefficient (Wildman–Crippen LogP) is 3.21. The van der Waals surface area contributed by atoms with E-state index in [2.05, 4.69) is 15.9 Å². The summed E-state index contributed by atoms with van der Waals surface area (Å²) in [4.78, 5) is 13.4. The third kappa shape index (κ3) is 2.97. The van der Waals surface area contributed by atoms with E-state index in [-0.39, 0.29) is 17.3 Å². The van der Waals surface area contributed by atoms with Crippen LogP contribution in [-0.4, -0.2) is 29.3 Å². The molecular formula is C14H12BrClN2O2. The number of rotatable bonds is 3. The summed E-state index contributed by atoms with van der Waals surface area (Å²) in [6.07, 6.45) is 2.60. The van der Waals surface area contributed by atoms with Crippen molar-refractivity contribution in [2.75, 3.05) is 13.7 Å². The minimum atomic E-state index is -0.187. The van der Waals surface area contributed by atoms with E-state index in [0.717, 1.165) is 11.3 Å². The quantitative estimate of drug-likeness (QED) is 0.782. The number of ether oxygens (including phenoxy) is 1. The number of amides is 1. The third-order valence-electron chi connectivity index (χ3n) is 3.00. The molecule has 0 N–H and O–H groups in total. The Morgan fingerprint density at radius 3 is 3.00 bits per heavy atom. The summed E-state index contributed by atoms with van der Waals surface area (Å²) in [6.45, 7) is -0.0258. The first kappa shape index (κ1) is 14.9. The maximum Gasteiger partial charge on any atom is 0.240 e. The lowest BCUT2D eigenvalue weighted by molar-refractivity contribution is -0.126. The molecule has 0 saturated carbocycles. The molecule has 4 nitrogen and oxygen atoms in total. The highest BCUT2D eigenvalue weighted by atomic mass is 79.9. The molecule has 0 saturated heterocycles. The minimum absolute atomic E-state index is 0.00312. The van der Waals surface area contributed by atoms with Crippen LogP contribution in [0.3, 0.4) is 0 Å². The van der Waals surface area contributed by atoms with Gasteiger partial charge in [0.2, 0.25) is 5.91 Å². The molecule has 0 bridgehead atoms. The second kappa shape index (κ2) is 6.29. The molecular weight excluding hydrogens is 344 g/mol. The normalized spacial score (nSPS) is 18.5. The van der Waals surface area contributed by atoms with Crippen LogP contribution in [0.25, 0.3) is 5.70 Å². The standard InChI is InChI=1S/C14H12BrClN2O2/c1-18-13(5-4-11(15)14(18)19)10-3-2-9(8-12(10)16)20-7-6-17/h2-3,5,8,11H,4,7H2,1H3. The molecule has 0 spiro atoms. The molecule has 0 fully saturated rings. The Morgan fingerprint density at radius 2 is 2.35 bits per heavy atom. The minimum Gasteiger partial charge on any atom is -0.479 e. The molecule has 1 atom stereocenters. The number of alkyl halides is 1. The van der Waals surface area contributed by atoms with Gasteiger partial charge in [-0.3, -0.25) is 4.79 Å². The fourth-order valence-electron chi connectivity index (χ4n) is 1.98. The maximum atomic E-state index is 12.0. The lowest BCUT2D eigenvalue weighted by atomic mass is 10.0. The highest BCUT2D eigenvalue weighted by Crippen LogP contribution is 2.33. The van der Waals surface area contributed by atoms with Gasteiger partial charge in [0, 0.05) is 18.3 Å². The zero-order valence-electron chi connectivity index (χ0n) is 10.8. The topological polar surface area (TPSA) is 53.3 Å². The van der Waals surface area contributed by atoms with E-state index in [0.29, 0.717) is 17.2 Å². The SMILES string of the molecule is CN1C(=O)C(Br)CC=C1c1ccc(OCC#N)cc1Cl. The molecule has 2 rings (SSSR count). The van der Waals surface area contributed by atoms with Gasteiger partial charge in [-0.15, -0.1) is 0 Å². The monoisotopic (exact) mass is 354 g/mol. The van der Waals surface area contributed by atoms with Crippen molar-refractivity contribution in [3.8, 4) is 11.8 Å². The second-order valence-electron chi connectivity index (χ2n) is 4.28. The number of benzene rings is 1. The van der Waals surface area contributed by atoms with Crippen molar-refractivity contribution in [2.45, 2.75) is 11.2 Å². The summed E-state index contributed by atoms with van der Waals surface area (Å²) < 4.78 is 5.19. The van der Waals surface area contributed by atoms with Gasteiger partial charge in [0.15, 0.2) is 6.61 Å². The Balaban J connectivity index is 2.30. The molecule has 1 aliphatic rings. The predicted molar refractivity (Wildman–Crippen MR) is 80.6 cm³/mol. The van der Waals surface area contributed by atoms with E-state index in [1.165, 1.54) is 0 Å². The van der Waals surface area contributed by atoms with Crippen molar-refractivity contribution < 1.29 is 9.53 Å². The van der Waals surface area contributed by atoms with Crippen LogP contribution in [0.5, 0.6) is 5.75 Å². The van der Waals surface area contributed by atoms with E-state index in [4.69, 9.17) is 21.6 Å². The smallest absolute Gasteiger partial charge is 0.240 e. The summed E-state index contributed by atoms with van der Waals surface area (Å²) in [5, 5.41) is 8.96. The van der Waals surface area contributed by atoms with Crippen molar-refractivity contribution in [1.82, 2.24) is 4.90 Å². The molecule has 104 valence electrons. The Kier molecular flexibility index (Phi) is 4.69.